The third-order valence-electron chi connectivity index (χ3n) is 1.23. The Labute approximate surface area is 150 Å². The summed E-state index contributed by atoms with van der Waals surface area (Å²) in [6, 6.07) is 0. The zero-order valence-corrected chi connectivity index (χ0v) is 18.7. The van der Waals surface area contributed by atoms with E-state index in [1.807, 2.05) is 0 Å². The minimum absolute atomic E-state index is 0. The molecule has 1 radical (unpaired) electrons. The number of hydrogen-bond donors (Lipinski definition) is 0. The van der Waals surface area contributed by atoms with Crippen LogP contribution in [0.2, 0.25) is 13.1 Å². The first-order chi connectivity index (χ1) is 5.99. The van der Waals surface area contributed by atoms with Gasteiger partial charge in [-0.05, 0) is 6.42 Å². The van der Waals surface area contributed by atoms with Gasteiger partial charge in [-0.2, -0.15) is 5.70 Å². The molecule has 0 unspecified atom stereocenters. The van der Waals surface area contributed by atoms with Crippen molar-refractivity contribution in [1.29, 1.82) is 0 Å². The molecule has 0 spiro atoms. The molecule has 0 amide bonds. The van der Waals surface area contributed by atoms with Crippen LogP contribution in [0.4, 0.5) is 0 Å². The molecule has 0 bridgehead atoms. The number of nitrogens with zero attached hydrogens (tertiary/aromatic N) is 1. The van der Waals surface area contributed by atoms with E-state index in [-0.39, 0.29) is 71.8 Å². The fourth-order valence-corrected chi connectivity index (χ4v) is 0.950. The summed E-state index contributed by atoms with van der Waals surface area (Å²) in [7, 11) is 0.750. The van der Waals surface area contributed by atoms with Crippen molar-refractivity contribution in [2.24, 2.45) is 0 Å². The van der Waals surface area contributed by atoms with Crippen LogP contribution >= 0.6 is 0 Å². The van der Waals surface area contributed by atoms with Crippen LogP contribution in [0.3, 0.4) is 0 Å². The van der Waals surface area contributed by atoms with E-state index in [9.17, 15) is 0 Å². The molecule has 20 heavy (non-hydrogen) atoms. The van der Waals surface area contributed by atoms with Crippen molar-refractivity contribution in [2.45, 2.75) is 45.8 Å². The Bertz CT molecular complexity index is 194. The van der Waals surface area contributed by atoms with Gasteiger partial charge >= 0.3 is 0 Å². The van der Waals surface area contributed by atoms with E-state index in [0.29, 0.717) is 0 Å². The number of rotatable bonds is 1. The molecular formula is C17H39NSiTi-7. The molecule has 1 rings (SSSR count). The Hall–Kier alpha value is 0.211. The molecule has 0 aromatic heterocycles. The van der Waals surface area contributed by atoms with Crippen molar-refractivity contribution in [2.75, 3.05) is 0 Å². The van der Waals surface area contributed by atoms with Gasteiger partial charge < -0.3 is 49.9 Å². The average Bonchev–Trinajstić information content (AvgIpc) is 2.37. The first kappa shape index (κ1) is 50.0. The molecule has 0 fully saturated rings. The second-order valence-electron chi connectivity index (χ2n) is 4.15. The summed E-state index contributed by atoms with van der Waals surface area (Å²) in [4.78, 5) is 0. The molecule has 1 nitrogen and oxygen atoms in total. The van der Waals surface area contributed by atoms with Gasteiger partial charge in [0.05, 0.1) is 0 Å². The molecule has 0 aromatic rings. The van der Waals surface area contributed by atoms with Gasteiger partial charge in [-0.1, -0.05) is 52.1 Å². The van der Waals surface area contributed by atoms with Crippen LogP contribution in [0, 0.1) is 44.6 Å². The molecule has 0 atom stereocenters. The van der Waals surface area contributed by atoms with Crippen molar-refractivity contribution in [3.63, 3.8) is 0 Å². The van der Waals surface area contributed by atoms with Crippen molar-refractivity contribution < 1.29 is 21.7 Å². The van der Waals surface area contributed by atoms with Crippen molar-refractivity contribution >= 4 is 9.52 Å². The SMILES string of the molecule is CC(C)(C)[N-]C1=CC=CC1.C[SiH]C.[CH3-].[CH3-].[CH3-].[CH3-].[CH3-].[CH3-].[Ti]. The molecule has 3 heteroatoms. The van der Waals surface area contributed by atoms with E-state index >= 15 is 0 Å². The normalized spacial score (nSPS) is 9.55. The summed E-state index contributed by atoms with van der Waals surface area (Å²) in [5.41, 5.74) is 1.28. The fraction of sp³-hybridized carbons (Fsp3) is 0.412. The summed E-state index contributed by atoms with van der Waals surface area (Å²) in [6.07, 6.45) is 7.28. The molecule has 0 saturated heterocycles. The Kier molecular flexibility index (Phi) is 68.9. The molecule has 0 aliphatic heterocycles. The van der Waals surface area contributed by atoms with E-state index in [4.69, 9.17) is 0 Å². The second-order valence-corrected chi connectivity index (χ2v) is 5.30. The number of hydrogen-bond acceptors (Lipinski definition) is 0. The smallest absolute Gasteiger partial charge is 0.0213 e. The first-order valence-electron chi connectivity index (χ1n) is 4.82. The molecule has 127 valence electrons. The fourth-order valence-electron chi connectivity index (χ4n) is 0.950. The molecular weight excluding hydrogens is 294 g/mol. The summed E-state index contributed by atoms with van der Waals surface area (Å²) in [6.45, 7) is 10.8. The monoisotopic (exact) mass is 333 g/mol. The van der Waals surface area contributed by atoms with Crippen molar-refractivity contribution in [3.05, 3.63) is 73.8 Å². The first-order valence-corrected chi connectivity index (χ1v) is 7.13. The van der Waals surface area contributed by atoms with Crippen LogP contribution in [0.15, 0.2) is 23.9 Å². The van der Waals surface area contributed by atoms with E-state index in [1.165, 1.54) is 5.70 Å². The molecule has 0 saturated carbocycles. The molecule has 1 aliphatic rings. The average molecular weight is 333 g/mol. The quantitative estimate of drug-likeness (QED) is 0.399. The van der Waals surface area contributed by atoms with E-state index in [0.717, 1.165) is 15.9 Å². The van der Waals surface area contributed by atoms with Gasteiger partial charge in [0.2, 0.25) is 0 Å². The molecule has 0 aromatic carbocycles. The maximum absolute atomic E-state index is 4.51. The minimum Gasteiger partial charge on any atom is -0.683 e. The predicted molar refractivity (Wildman–Crippen MR) is 102 cm³/mol. The van der Waals surface area contributed by atoms with Crippen LogP contribution in [0.1, 0.15) is 27.2 Å². The van der Waals surface area contributed by atoms with Gasteiger partial charge in [-0.15, -0.1) is 5.54 Å². The Morgan fingerprint density at radius 1 is 0.950 bits per heavy atom. The van der Waals surface area contributed by atoms with E-state index < -0.39 is 0 Å². The van der Waals surface area contributed by atoms with Gasteiger partial charge in [0.1, 0.15) is 0 Å². The Morgan fingerprint density at radius 3 is 1.50 bits per heavy atom. The van der Waals surface area contributed by atoms with Gasteiger partial charge in [0, 0.05) is 31.2 Å². The van der Waals surface area contributed by atoms with Crippen LogP contribution < -0.4 is 0 Å². The summed E-state index contributed by atoms with van der Waals surface area (Å²) in [5.74, 6) is 0. The van der Waals surface area contributed by atoms with Crippen LogP contribution in [-0.2, 0) is 21.7 Å². The Morgan fingerprint density at radius 2 is 1.30 bits per heavy atom. The Balaban J connectivity index is -0.0000000224. The maximum atomic E-state index is 4.51. The third-order valence-corrected chi connectivity index (χ3v) is 1.23. The largest absolute Gasteiger partial charge is 0.683 e. The van der Waals surface area contributed by atoms with Gasteiger partial charge in [0.15, 0.2) is 0 Å². The van der Waals surface area contributed by atoms with Gasteiger partial charge in [-0.25, -0.2) is 0 Å². The van der Waals surface area contributed by atoms with Crippen LogP contribution in [-0.4, -0.2) is 15.1 Å². The van der Waals surface area contributed by atoms with E-state index in [1.54, 1.807) is 0 Å². The van der Waals surface area contributed by atoms with Crippen molar-refractivity contribution in [1.82, 2.24) is 0 Å². The zero-order chi connectivity index (χ0) is 10.3. The molecule has 1 aliphatic carbocycles. The zero-order valence-electron chi connectivity index (χ0n) is 16.0. The van der Waals surface area contributed by atoms with Gasteiger partial charge in [-0.3, -0.25) is 0 Å². The molecule has 0 N–H and O–H groups in total. The standard InChI is InChI=1S/C9H14N.C2H7Si.6CH3.Ti/c1-9(2,3)10-8-6-4-5-7-8;1-3-2;;;;;;;/h4-6H,7H2,1-3H3;3H,1-2H3;6*1H3;/q-1;;6*-1;. The van der Waals surface area contributed by atoms with Crippen molar-refractivity contribution in [3.8, 4) is 0 Å². The van der Waals surface area contributed by atoms with Crippen LogP contribution in [0.25, 0.3) is 5.32 Å². The summed E-state index contributed by atoms with van der Waals surface area (Å²) >= 11 is 0. The van der Waals surface area contributed by atoms with Gasteiger partial charge in [0.25, 0.3) is 0 Å². The van der Waals surface area contributed by atoms with Crippen LogP contribution in [0.5, 0.6) is 0 Å². The third kappa shape index (κ3) is 36.2. The maximum Gasteiger partial charge on any atom is 0.0213 e. The topological polar surface area (TPSA) is 14.1 Å². The summed E-state index contributed by atoms with van der Waals surface area (Å²) < 4.78 is 0. The minimum atomic E-state index is 0. The summed E-state index contributed by atoms with van der Waals surface area (Å²) in [5, 5.41) is 4.51. The second kappa shape index (κ2) is 27.5. The van der Waals surface area contributed by atoms with E-state index in [2.05, 4.69) is 57.4 Å². The molecule has 0 heterocycles. The predicted octanol–water partition coefficient (Wildman–Crippen LogP) is 6.22. The number of allylic oxidation sites excluding steroid dienone is 3.